The number of hydrogen-bond acceptors (Lipinski definition) is 4. The maximum Gasteiger partial charge on any atom is 0.137 e. The molecule has 2 atom stereocenters. The molecule has 1 fully saturated rings. The molecule has 0 aromatic heterocycles. The fourth-order valence-electron chi connectivity index (χ4n) is 1.06. The van der Waals surface area contributed by atoms with Gasteiger partial charge in [-0.3, -0.25) is 11.3 Å². The second-order valence-electron chi connectivity index (χ2n) is 2.56. The van der Waals surface area contributed by atoms with E-state index in [1.54, 1.807) is 0 Å². The van der Waals surface area contributed by atoms with Crippen LogP contribution in [0, 0.1) is 0 Å². The molecule has 1 rings (SSSR count). The van der Waals surface area contributed by atoms with Crippen molar-refractivity contribution >= 4 is 12.4 Å². The standard InChI is InChI=1S/C6H14N2O2.ClH/c7-8-5-1-2-6(3-9)10-4-5;/h5-6,8-9H,1-4,7H2;1H/t5-,6+;/m1./s1/i/hD. The molecular weight excluding hydrogens is 168 g/mol. The third-order valence-electron chi connectivity index (χ3n) is 1.78. The monoisotopic (exact) mass is 183 g/mol. The first kappa shape index (κ1) is 9.22. The summed E-state index contributed by atoms with van der Waals surface area (Å²) in [6, 6.07) is 0.204. The van der Waals surface area contributed by atoms with Gasteiger partial charge >= 0.3 is 0 Å². The molecule has 0 unspecified atom stereocenters. The highest BCUT2D eigenvalue weighted by Crippen LogP contribution is 2.11. The van der Waals surface area contributed by atoms with Crippen LogP contribution in [0.1, 0.15) is 12.8 Å². The molecule has 0 aromatic carbocycles. The van der Waals surface area contributed by atoms with Crippen molar-refractivity contribution in [3.63, 3.8) is 0 Å². The van der Waals surface area contributed by atoms with Crippen LogP contribution >= 0.6 is 12.4 Å². The van der Waals surface area contributed by atoms with Gasteiger partial charge in [-0.25, -0.2) is 0 Å². The Hall–Kier alpha value is 0.130. The Morgan fingerprint density at radius 3 is 3.00 bits per heavy atom. The fraction of sp³-hybridized carbons (Fsp3) is 1.00. The highest BCUT2D eigenvalue weighted by atomic mass is 35.5. The third-order valence-corrected chi connectivity index (χ3v) is 1.78. The lowest BCUT2D eigenvalue weighted by atomic mass is 10.1. The smallest absolute Gasteiger partial charge is 0.137 e. The van der Waals surface area contributed by atoms with E-state index in [1.165, 1.54) is 0 Å². The number of aliphatic hydroxyl groups excluding tert-OH is 1. The number of nitrogens with one attached hydrogen (secondary N) is 1. The van der Waals surface area contributed by atoms with Crippen LogP contribution in [0.3, 0.4) is 0 Å². The molecule has 5 heteroatoms. The van der Waals surface area contributed by atoms with E-state index >= 15 is 0 Å². The molecule has 1 saturated heterocycles. The lowest BCUT2D eigenvalue weighted by molar-refractivity contribution is -0.0316. The molecule has 4 N–H and O–H groups in total. The summed E-state index contributed by atoms with van der Waals surface area (Å²) in [4.78, 5) is 0. The van der Waals surface area contributed by atoms with Crippen molar-refractivity contribution in [1.29, 1.82) is 0 Å². The summed E-state index contributed by atoms with van der Waals surface area (Å²) in [5.41, 5.74) is 2.74. The minimum absolute atomic E-state index is 0. The minimum Gasteiger partial charge on any atom is -0.394 e. The number of hydrogen-bond donors (Lipinski definition) is 3. The molecule has 0 spiro atoms. The van der Waals surface area contributed by atoms with Crippen LogP contribution < -0.4 is 11.3 Å². The van der Waals surface area contributed by atoms with E-state index in [-0.39, 0.29) is 31.2 Å². The van der Waals surface area contributed by atoms with Gasteiger partial charge in [-0.15, -0.1) is 12.4 Å². The highest BCUT2D eigenvalue weighted by Gasteiger charge is 2.19. The van der Waals surface area contributed by atoms with Crippen LogP contribution in [0.5, 0.6) is 0 Å². The predicted octanol–water partition coefficient (Wildman–Crippen LogP) is -0.589. The van der Waals surface area contributed by atoms with Crippen LogP contribution in [-0.2, 0) is 4.74 Å². The van der Waals surface area contributed by atoms with Gasteiger partial charge in [0.1, 0.15) is 1.41 Å². The van der Waals surface area contributed by atoms with E-state index in [4.69, 9.17) is 11.3 Å². The van der Waals surface area contributed by atoms with Gasteiger partial charge in [0.05, 0.1) is 19.3 Å². The van der Waals surface area contributed by atoms with Gasteiger partial charge in [0, 0.05) is 6.04 Å². The van der Waals surface area contributed by atoms with E-state index in [0.29, 0.717) is 6.61 Å². The SMILES string of the molecule is Cl.[2H]NN[C@@H]1CC[C@@H](CO)OC1. The second kappa shape index (κ2) is 5.74. The topological polar surface area (TPSA) is 67.5 Å². The summed E-state index contributed by atoms with van der Waals surface area (Å²) in [5, 5.41) is 8.71. The van der Waals surface area contributed by atoms with Crippen LogP contribution in [-0.4, -0.2) is 30.5 Å². The number of aliphatic hydroxyl groups is 1. The first-order chi connectivity index (χ1) is 5.36. The molecule has 11 heavy (non-hydrogen) atoms. The van der Waals surface area contributed by atoms with E-state index in [1.807, 2.05) is 0 Å². The van der Waals surface area contributed by atoms with Crippen molar-refractivity contribution in [2.45, 2.75) is 25.0 Å². The van der Waals surface area contributed by atoms with Gasteiger partial charge in [-0.05, 0) is 12.8 Å². The largest absolute Gasteiger partial charge is 0.394 e. The maximum absolute atomic E-state index is 8.71. The Kier molecular flexibility index (Phi) is 4.81. The number of ether oxygens (including phenoxy) is 1. The Morgan fingerprint density at radius 2 is 2.55 bits per heavy atom. The van der Waals surface area contributed by atoms with Crippen molar-refractivity contribution in [3.8, 4) is 0 Å². The van der Waals surface area contributed by atoms with E-state index in [2.05, 4.69) is 11.3 Å². The van der Waals surface area contributed by atoms with Gasteiger partial charge in [0.25, 0.3) is 0 Å². The molecule has 0 saturated carbocycles. The molecule has 1 aliphatic heterocycles. The number of hydrazine groups is 1. The fourth-order valence-corrected chi connectivity index (χ4v) is 1.06. The molecule has 68 valence electrons. The molecule has 0 aliphatic carbocycles. The second-order valence-corrected chi connectivity index (χ2v) is 2.56. The van der Waals surface area contributed by atoms with Crippen LogP contribution in [0.25, 0.3) is 0 Å². The first-order valence-corrected chi connectivity index (χ1v) is 3.51. The molecule has 0 bridgehead atoms. The van der Waals surface area contributed by atoms with Crippen molar-refractivity contribution in [1.82, 2.24) is 5.43 Å². The quantitative estimate of drug-likeness (QED) is 0.404. The van der Waals surface area contributed by atoms with Crippen molar-refractivity contribution in [2.24, 2.45) is 5.84 Å². The first-order valence-electron chi connectivity index (χ1n) is 4.01. The Bertz CT molecular complexity index is 112. The van der Waals surface area contributed by atoms with Crippen molar-refractivity contribution in [2.75, 3.05) is 13.2 Å². The summed E-state index contributed by atoms with van der Waals surface area (Å²) in [6.45, 7) is 0.665. The maximum atomic E-state index is 8.71. The highest BCUT2D eigenvalue weighted by molar-refractivity contribution is 5.85. The third kappa shape index (κ3) is 3.35. The average molecular weight is 184 g/mol. The summed E-state index contributed by atoms with van der Waals surface area (Å²) in [5.74, 6) is 2.13. The van der Waals surface area contributed by atoms with Gasteiger partial charge < -0.3 is 9.84 Å². The van der Waals surface area contributed by atoms with Crippen molar-refractivity contribution < 1.29 is 11.3 Å². The zero-order valence-corrected chi connectivity index (χ0v) is 7.06. The molecule has 4 nitrogen and oxygen atoms in total. The summed E-state index contributed by atoms with van der Waals surface area (Å²) in [7, 11) is 0. The van der Waals surface area contributed by atoms with Gasteiger partial charge in [0.2, 0.25) is 0 Å². The minimum atomic E-state index is -0.00113. The molecule has 0 amide bonds. The molecular formula is C6H15ClN2O2. The summed E-state index contributed by atoms with van der Waals surface area (Å²) >= 11 is 0. The van der Waals surface area contributed by atoms with E-state index in [9.17, 15) is 0 Å². The van der Waals surface area contributed by atoms with Crippen LogP contribution in [0.15, 0.2) is 0 Å². The van der Waals surface area contributed by atoms with Gasteiger partial charge in [-0.1, -0.05) is 0 Å². The van der Waals surface area contributed by atoms with Gasteiger partial charge in [0.15, 0.2) is 0 Å². The number of nitrogens with two attached hydrogens (primary N) is 1. The average Bonchev–Trinajstić information content (AvgIpc) is 2.07. The Balaban J connectivity index is 0.00000121. The summed E-state index contributed by atoms with van der Waals surface area (Å²) in [6.07, 6.45) is 1.80. The predicted molar refractivity (Wildman–Crippen MR) is 44.4 cm³/mol. The molecule has 1 heterocycles. The van der Waals surface area contributed by atoms with E-state index < -0.39 is 0 Å². The lowest BCUT2D eigenvalue weighted by Gasteiger charge is -2.26. The molecule has 1 aliphatic rings. The molecule has 0 aromatic rings. The zero-order chi connectivity index (χ0) is 8.10. The normalized spacial score (nSPS) is 32.3. The van der Waals surface area contributed by atoms with Crippen molar-refractivity contribution in [3.05, 3.63) is 0 Å². The number of halogens is 1. The van der Waals surface area contributed by atoms with Gasteiger partial charge in [-0.2, -0.15) is 0 Å². The Labute approximate surface area is 73.9 Å². The lowest BCUT2D eigenvalue weighted by Crippen LogP contribution is -2.44. The van der Waals surface area contributed by atoms with E-state index in [0.717, 1.165) is 12.8 Å². The zero-order valence-electron chi connectivity index (χ0n) is 7.25. The van der Waals surface area contributed by atoms with Crippen LogP contribution in [0.4, 0.5) is 0 Å². The summed E-state index contributed by atoms with van der Waals surface area (Å²) < 4.78 is 11.9. The molecule has 0 radical (unpaired) electrons. The van der Waals surface area contributed by atoms with Crippen LogP contribution in [0.2, 0.25) is 1.41 Å². The number of rotatable bonds is 3. The Morgan fingerprint density at radius 1 is 1.73 bits per heavy atom.